The van der Waals surface area contributed by atoms with Gasteiger partial charge in [0.15, 0.2) is 0 Å². The highest BCUT2D eigenvalue weighted by Crippen LogP contribution is 2.14. The van der Waals surface area contributed by atoms with Crippen LogP contribution in [0.1, 0.15) is 23.2 Å². The zero-order chi connectivity index (χ0) is 12.3. The van der Waals surface area contributed by atoms with E-state index in [-0.39, 0.29) is 5.91 Å². The van der Waals surface area contributed by atoms with Gasteiger partial charge >= 0.3 is 0 Å². The van der Waals surface area contributed by atoms with E-state index in [0.717, 1.165) is 25.9 Å². The average Bonchev–Trinajstić information content (AvgIpc) is 2.39. The van der Waals surface area contributed by atoms with Crippen LogP contribution in [0.2, 0.25) is 5.02 Å². The largest absolute Gasteiger partial charge is 0.337 e. The molecule has 4 heteroatoms. The summed E-state index contributed by atoms with van der Waals surface area (Å²) in [5.41, 5.74) is 0.697. The summed E-state index contributed by atoms with van der Waals surface area (Å²) in [7, 11) is 1.87. The molecule has 2 rings (SSSR count). The molecule has 0 spiro atoms. The standard InChI is InChI=1S/C13H17ClN2O/c1-16(12-3-2-8-15-9-12)13(17)10-4-6-11(14)7-5-10/h4-7,12,15H,2-3,8-9H2,1H3/t12-/m0/s1. The Balaban J connectivity index is 2.05. The molecular weight excluding hydrogens is 236 g/mol. The predicted octanol–water partition coefficient (Wildman–Crippen LogP) is 2.16. The third-order valence-corrected chi connectivity index (χ3v) is 3.48. The first-order valence-electron chi connectivity index (χ1n) is 5.92. The average molecular weight is 253 g/mol. The Morgan fingerprint density at radius 3 is 2.71 bits per heavy atom. The van der Waals surface area contributed by atoms with E-state index in [1.807, 2.05) is 11.9 Å². The van der Waals surface area contributed by atoms with Gasteiger partial charge in [0, 0.05) is 30.2 Å². The van der Waals surface area contributed by atoms with Crippen LogP contribution in [0, 0.1) is 0 Å². The molecule has 1 heterocycles. The van der Waals surface area contributed by atoms with Crippen LogP contribution >= 0.6 is 11.6 Å². The van der Waals surface area contributed by atoms with Crippen LogP contribution in [0.5, 0.6) is 0 Å². The van der Waals surface area contributed by atoms with Crippen LogP contribution in [-0.4, -0.2) is 37.0 Å². The maximum Gasteiger partial charge on any atom is 0.253 e. The number of rotatable bonds is 2. The lowest BCUT2D eigenvalue weighted by Crippen LogP contribution is -2.46. The van der Waals surface area contributed by atoms with Gasteiger partial charge in [-0.25, -0.2) is 0 Å². The van der Waals surface area contributed by atoms with Crippen molar-refractivity contribution >= 4 is 17.5 Å². The fraction of sp³-hybridized carbons (Fsp3) is 0.462. The van der Waals surface area contributed by atoms with Crippen molar-refractivity contribution in [2.75, 3.05) is 20.1 Å². The Kier molecular flexibility index (Phi) is 4.02. The topological polar surface area (TPSA) is 32.3 Å². The van der Waals surface area contributed by atoms with Crippen LogP contribution in [0.25, 0.3) is 0 Å². The summed E-state index contributed by atoms with van der Waals surface area (Å²) in [6.45, 7) is 1.94. The van der Waals surface area contributed by atoms with E-state index in [0.29, 0.717) is 16.6 Å². The highest BCUT2D eigenvalue weighted by molar-refractivity contribution is 6.30. The molecule has 1 aliphatic heterocycles. The molecule has 0 radical (unpaired) electrons. The van der Waals surface area contributed by atoms with Gasteiger partial charge < -0.3 is 10.2 Å². The molecule has 1 aromatic carbocycles. The minimum absolute atomic E-state index is 0.0652. The first-order chi connectivity index (χ1) is 8.18. The summed E-state index contributed by atoms with van der Waals surface area (Å²) >= 11 is 5.81. The molecular formula is C13H17ClN2O. The predicted molar refractivity (Wildman–Crippen MR) is 69.4 cm³/mol. The number of halogens is 1. The maximum atomic E-state index is 12.2. The third kappa shape index (κ3) is 2.99. The quantitative estimate of drug-likeness (QED) is 0.875. The Hall–Kier alpha value is -1.06. The Morgan fingerprint density at radius 1 is 1.41 bits per heavy atom. The molecule has 1 N–H and O–H groups in total. The third-order valence-electron chi connectivity index (χ3n) is 3.23. The van der Waals surface area contributed by atoms with E-state index in [1.54, 1.807) is 24.3 Å². The fourth-order valence-electron chi connectivity index (χ4n) is 2.13. The van der Waals surface area contributed by atoms with Gasteiger partial charge in [-0.15, -0.1) is 0 Å². The number of carbonyl (C=O) groups excluding carboxylic acids is 1. The summed E-state index contributed by atoms with van der Waals surface area (Å²) in [5.74, 6) is 0.0652. The first-order valence-corrected chi connectivity index (χ1v) is 6.30. The molecule has 0 saturated carbocycles. The monoisotopic (exact) mass is 252 g/mol. The minimum Gasteiger partial charge on any atom is -0.337 e. The summed E-state index contributed by atoms with van der Waals surface area (Å²) in [4.78, 5) is 14.0. The molecule has 3 nitrogen and oxygen atoms in total. The van der Waals surface area contributed by atoms with Crippen molar-refractivity contribution in [1.29, 1.82) is 0 Å². The summed E-state index contributed by atoms with van der Waals surface area (Å²) in [5, 5.41) is 3.97. The lowest BCUT2D eigenvalue weighted by molar-refractivity contribution is 0.0708. The molecule has 1 aliphatic rings. The van der Waals surface area contributed by atoms with Gasteiger partial charge in [-0.3, -0.25) is 4.79 Å². The number of hydrogen-bond donors (Lipinski definition) is 1. The molecule has 0 bridgehead atoms. The number of carbonyl (C=O) groups is 1. The van der Waals surface area contributed by atoms with Gasteiger partial charge in [0.1, 0.15) is 0 Å². The first kappa shape index (κ1) is 12.4. The number of amides is 1. The number of piperidine rings is 1. The van der Waals surface area contributed by atoms with Crippen LogP contribution < -0.4 is 5.32 Å². The van der Waals surface area contributed by atoms with Crippen LogP contribution in [0.3, 0.4) is 0 Å². The lowest BCUT2D eigenvalue weighted by atomic mass is 10.1. The van der Waals surface area contributed by atoms with Gasteiger partial charge in [0.25, 0.3) is 5.91 Å². The molecule has 0 unspecified atom stereocenters. The molecule has 92 valence electrons. The zero-order valence-corrected chi connectivity index (χ0v) is 10.7. The molecule has 1 amide bonds. The number of benzene rings is 1. The van der Waals surface area contributed by atoms with Crippen LogP contribution in [0.15, 0.2) is 24.3 Å². The second-order valence-electron chi connectivity index (χ2n) is 4.42. The van der Waals surface area contributed by atoms with E-state index in [9.17, 15) is 4.79 Å². The maximum absolute atomic E-state index is 12.2. The summed E-state index contributed by atoms with van der Waals surface area (Å²) in [6.07, 6.45) is 2.20. The molecule has 17 heavy (non-hydrogen) atoms. The Bertz CT molecular complexity index is 385. The van der Waals surface area contributed by atoms with Crippen molar-refractivity contribution in [2.45, 2.75) is 18.9 Å². The molecule has 0 aromatic heterocycles. The van der Waals surface area contributed by atoms with E-state index in [1.165, 1.54) is 0 Å². The van der Waals surface area contributed by atoms with Crippen molar-refractivity contribution in [1.82, 2.24) is 10.2 Å². The number of likely N-dealkylation sites (N-methyl/N-ethyl adjacent to an activating group) is 1. The van der Waals surface area contributed by atoms with E-state index in [4.69, 9.17) is 11.6 Å². The Morgan fingerprint density at radius 2 is 2.12 bits per heavy atom. The molecule has 1 aromatic rings. The summed E-state index contributed by atoms with van der Waals surface area (Å²) in [6, 6.07) is 7.35. The molecule has 1 atom stereocenters. The molecule has 0 aliphatic carbocycles. The SMILES string of the molecule is CN(C(=O)c1ccc(Cl)cc1)[C@H]1CCCNC1. The van der Waals surface area contributed by atoms with Crippen molar-refractivity contribution in [3.05, 3.63) is 34.9 Å². The van der Waals surface area contributed by atoms with Gasteiger partial charge in [-0.1, -0.05) is 11.6 Å². The van der Waals surface area contributed by atoms with E-state index >= 15 is 0 Å². The van der Waals surface area contributed by atoms with Crippen LogP contribution in [-0.2, 0) is 0 Å². The zero-order valence-electron chi connectivity index (χ0n) is 9.95. The van der Waals surface area contributed by atoms with Gasteiger partial charge in [-0.05, 0) is 43.7 Å². The van der Waals surface area contributed by atoms with Crippen molar-refractivity contribution in [3.63, 3.8) is 0 Å². The highest BCUT2D eigenvalue weighted by Gasteiger charge is 2.22. The molecule has 1 fully saturated rings. The van der Waals surface area contributed by atoms with Gasteiger partial charge in [0.2, 0.25) is 0 Å². The lowest BCUT2D eigenvalue weighted by Gasteiger charge is -2.31. The van der Waals surface area contributed by atoms with Gasteiger partial charge in [0.05, 0.1) is 0 Å². The number of hydrogen-bond acceptors (Lipinski definition) is 2. The molecule has 1 saturated heterocycles. The van der Waals surface area contributed by atoms with E-state index < -0.39 is 0 Å². The normalized spacial score (nSPS) is 20.0. The van der Waals surface area contributed by atoms with E-state index in [2.05, 4.69) is 5.32 Å². The van der Waals surface area contributed by atoms with Crippen LogP contribution in [0.4, 0.5) is 0 Å². The summed E-state index contributed by atoms with van der Waals surface area (Å²) < 4.78 is 0. The van der Waals surface area contributed by atoms with Crippen molar-refractivity contribution in [2.24, 2.45) is 0 Å². The second kappa shape index (κ2) is 5.52. The number of nitrogens with one attached hydrogen (secondary N) is 1. The smallest absolute Gasteiger partial charge is 0.253 e. The van der Waals surface area contributed by atoms with Gasteiger partial charge in [-0.2, -0.15) is 0 Å². The fourth-order valence-corrected chi connectivity index (χ4v) is 2.25. The Labute approximate surface area is 107 Å². The minimum atomic E-state index is 0.0652. The highest BCUT2D eigenvalue weighted by atomic mass is 35.5. The second-order valence-corrected chi connectivity index (χ2v) is 4.86. The van der Waals surface area contributed by atoms with Crippen molar-refractivity contribution < 1.29 is 4.79 Å². The van der Waals surface area contributed by atoms with Crippen molar-refractivity contribution in [3.8, 4) is 0 Å². The number of nitrogens with zero attached hydrogens (tertiary/aromatic N) is 1.